The fourth-order valence-corrected chi connectivity index (χ4v) is 10.0. The van der Waals surface area contributed by atoms with Crippen LogP contribution in [0, 0.1) is 0 Å². The summed E-state index contributed by atoms with van der Waals surface area (Å²) in [6.07, 6.45) is 0. The van der Waals surface area contributed by atoms with Gasteiger partial charge in [-0.2, -0.15) is 0 Å². The van der Waals surface area contributed by atoms with Gasteiger partial charge in [0.25, 0.3) is 0 Å². The molecule has 0 spiro atoms. The first-order valence-electron chi connectivity index (χ1n) is 18.0. The Hall–Kier alpha value is -6.53. The molecule has 0 radical (unpaired) electrons. The van der Waals surface area contributed by atoms with Crippen LogP contribution in [0.3, 0.4) is 0 Å². The highest BCUT2D eigenvalue weighted by Crippen LogP contribution is 2.46. The molecule has 11 rings (SSSR count). The summed E-state index contributed by atoms with van der Waals surface area (Å²) in [4.78, 5) is 7.36. The molecule has 0 aliphatic rings. The van der Waals surface area contributed by atoms with Gasteiger partial charge >= 0.3 is 0 Å². The van der Waals surface area contributed by atoms with E-state index in [-0.39, 0.29) is 0 Å². The minimum absolute atomic E-state index is 0.880. The predicted molar refractivity (Wildman–Crippen MR) is 231 cm³/mol. The number of aromatic nitrogens is 1. The lowest BCUT2D eigenvalue weighted by Crippen LogP contribution is -2.10. The van der Waals surface area contributed by atoms with E-state index in [1.807, 2.05) is 17.4 Å². The molecular weight excluding hydrogens is 697 g/mol. The van der Waals surface area contributed by atoms with Gasteiger partial charge in [0.15, 0.2) is 0 Å². The summed E-state index contributed by atoms with van der Waals surface area (Å²) in [5.41, 5.74) is 11.9. The summed E-state index contributed by atoms with van der Waals surface area (Å²) < 4.78 is 10.2. The Morgan fingerprint density at radius 2 is 1.06 bits per heavy atom. The van der Waals surface area contributed by atoms with Crippen molar-refractivity contribution >= 4 is 92.1 Å². The fourth-order valence-electron chi connectivity index (χ4n) is 7.70. The molecule has 3 nitrogen and oxygen atoms in total. The maximum Gasteiger partial charge on any atom is 0.137 e. The van der Waals surface area contributed by atoms with E-state index in [9.17, 15) is 0 Å². The van der Waals surface area contributed by atoms with Crippen LogP contribution < -0.4 is 4.90 Å². The summed E-state index contributed by atoms with van der Waals surface area (Å²) in [5, 5.41) is 5.84. The lowest BCUT2D eigenvalue weighted by molar-refractivity contribution is 0.669. The predicted octanol–water partition coefficient (Wildman–Crippen LogP) is 15.0. The van der Waals surface area contributed by atoms with Gasteiger partial charge in [-0.25, -0.2) is 4.98 Å². The van der Waals surface area contributed by atoms with Crippen molar-refractivity contribution in [1.82, 2.24) is 4.98 Å². The van der Waals surface area contributed by atoms with Crippen LogP contribution in [0.5, 0.6) is 0 Å². The van der Waals surface area contributed by atoms with Crippen molar-refractivity contribution in [3.63, 3.8) is 0 Å². The molecule has 54 heavy (non-hydrogen) atoms. The van der Waals surface area contributed by atoms with Gasteiger partial charge < -0.3 is 9.32 Å². The molecule has 0 fully saturated rings. The average Bonchev–Trinajstić information content (AvgIpc) is 3.96. The third-order valence-electron chi connectivity index (χ3n) is 10.3. The van der Waals surface area contributed by atoms with Crippen molar-refractivity contribution in [2.45, 2.75) is 0 Å². The molecule has 0 saturated heterocycles. The molecule has 3 aromatic heterocycles. The maximum atomic E-state index is 6.49. The van der Waals surface area contributed by atoms with Gasteiger partial charge in [0.05, 0.1) is 20.6 Å². The first-order chi connectivity index (χ1) is 26.7. The van der Waals surface area contributed by atoms with Crippen LogP contribution >= 0.6 is 22.7 Å². The number of furan rings is 1. The van der Waals surface area contributed by atoms with E-state index in [1.54, 1.807) is 11.3 Å². The third-order valence-corrected chi connectivity index (χ3v) is 12.7. The van der Waals surface area contributed by atoms with E-state index in [0.717, 1.165) is 65.2 Å². The molecule has 0 saturated carbocycles. The number of rotatable bonds is 6. The third kappa shape index (κ3) is 5.12. The molecule has 11 aromatic rings. The molecule has 3 heterocycles. The van der Waals surface area contributed by atoms with Gasteiger partial charge in [0.2, 0.25) is 0 Å². The molecular formula is C49H30N2OS2. The Kier molecular flexibility index (Phi) is 7.22. The minimum Gasteiger partial charge on any atom is -0.456 e. The van der Waals surface area contributed by atoms with Gasteiger partial charge in [0, 0.05) is 43.2 Å². The molecule has 0 N–H and O–H groups in total. The number of benzene rings is 8. The van der Waals surface area contributed by atoms with Crippen molar-refractivity contribution in [2.24, 2.45) is 0 Å². The zero-order valence-electron chi connectivity index (χ0n) is 28.9. The van der Waals surface area contributed by atoms with Crippen LogP contribution in [-0.4, -0.2) is 4.98 Å². The van der Waals surface area contributed by atoms with Crippen molar-refractivity contribution in [2.75, 3.05) is 4.90 Å². The van der Waals surface area contributed by atoms with Crippen LogP contribution in [0.15, 0.2) is 186 Å². The van der Waals surface area contributed by atoms with Crippen molar-refractivity contribution < 1.29 is 4.42 Å². The summed E-state index contributed by atoms with van der Waals surface area (Å²) >= 11 is 3.58. The lowest BCUT2D eigenvalue weighted by atomic mass is 10.0. The zero-order chi connectivity index (χ0) is 35.6. The van der Waals surface area contributed by atoms with Gasteiger partial charge in [-0.05, 0) is 82.9 Å². The summed E-state index contributed by atoms with van der Waals surface area (Å²) in [6.45, 7) is 0. The topological polar surface area (TPSA) is 29.3 Å². The van der Waals surface area contributed by atoms with E-state index >= 15 is 0 Å². The van der Waals surface area contributed by atoms with Crippen LogP contribution in [0.25, 0.3) is 85.2 Å². The molecule has 0 amide bonds. The summed E-state index contributed by atoms with van der Waals surface area (Å²) in [6, 6.07) is 64.9. The first kappa shape index (κ1) is 31.0. The quantitative estimate of drug-likeness (QED) is 0.171. The summed E-state index contributed by atoms with van der Waals surface area (Å²) in [7, 11) is 0. The molecule has 0 atom stereocenters. The first-order valence-corrected chi connectivity index (χ1v) is 19.7. The smallest absolute Gasteiger partial charge is 0.137 e. The number of hydrogen-bond acceptors (Lipinski definition) is 5. The zero-order valence-corrected chi connectivity index (χ0v) is 30.6. The number of hydrogen-bond donors (Lipinski definition) is 0. The number of thiazole rings is 1. The normalized spacial score (nSPS) is 11.7. The Balaban J connectivity index is 0.997. The second-order valence-corrected chi connectivity index (χ2v) is 15.6. The number of thiophene rings is 1. The Labute approximate surface area is 319 Å². The molecule has 8 aromatic carbocycles. The van der Waals surface area contributed by atoms with Gasteiger partial charge in [0.1, 0.15) is 16.2 Å². The van der Waals surface area contributed by atoms with Crippen LogP contribution in [0.1, 0.15) is 0 Å². The van der Waals surface area contributed by atoms with E-state index < -0.39 is 0 Å². The molecule has 5 heteroatoms. The van der Waals surface area contributed by atoms with E-state index in [1.165, 1.54) is 37.0 Å². The Morgan fingerprint density at radius 1 is 0.426 bits per heavy atom. The Bertz CT molecular complexity index is 3140. The highest BCUT2D eigenvalue weighted by Gasteiger charge is 2.19. The van der Waals surface area contributed by atoms with Gasteiger partial charge in [-0.1, -0.05) is 121 Å². The highest BCUT2D eigenvalue weighted by atomic mass is 32.1. The minimum atomic E-state index is 0.880. The summed E-state index contributed by atoms with van der Waals surface area (Å²) in [5.74, 6) is 0. The SMILES string of the molecule is c1ccc(-c2ccc(N(c3ccc(-c4ccc5c(c4)oc4ccc6nc(-c7ccccc7)sc6c45)cc3)c3cccc4c3sc3ccccc34)cc2)cc1. The Morgan fingerprint density at radius 3 is 1.81 bits per heavy atom. The maximum absolute atomic E-state index is 6.49. The van der Waals surface area contributed by atoms with Crippen LogP contribution in [0.4, 0.5) is 17.1 Å². The highest BCUT2D eigenvalue weighted by molar-refractivity contribution is 7.26. The van der Waals surface area contributed by atoms with E-state index in [4.69, 9.17) is 9.40 Å². The largest absolute Gasteiger partial charge is 0.456 e. The van der Waals surface area contributed by atoms with Crippen LogP contribution in [-0.2, 0) is 0 Å². The molecule has 0 aliphatic carbocycles. The molecule has 0 aliphatic heterocycles. The number of nitrogens with zero attached hydrogens (tertiary/aromatic N) is 2. The van der Waals surface area contributed by atoms with E-state index in [0.29, 0.717) is 0 Å². The van der Waals surface area contributed by atoms with Crippen LogP contribution in [0.2, 0.25) is 0 Å². The average molecular weight is 727 g/mol. The van der Waals surface area contributed by atoms with E-state index in [2.05, 4.69) is 181 Å². The fraction of sp³-hybridized carbons (Fsp3) is 0. The van der Waals surface area contributed by atoms with Gasteiger partial charge in [-0.15, -0.1) is 22.7 Å². The standard InChI is InChI=1S/C49H30N2OS2/c1-3-10-31(11-4-1)32-18-23-36(24-19-32)51(42-16-9-15-39-38-14-7-8-17-45(38)53-47(39)42)37-25-20-33(21-26-37)35-22-27-40-44(30-35)52-43-29-28-41-48(46(40)43)54-49(50-41)34-12-5-2-6-13-34/h1-30H. The molecule has 0 unspecified atom stereocenters. The second kappa shape index (κ2) is 12.6. The lowest BCUT2D eigenvalue weighted by Gasteiger charge is -2.26. The second-order valence-electron chi connectivity index (χ2n) is 13.5. The van der Waals surface area contributed by atoms with Crippen molar-refractivity contribution in [3.8, 4) is 32.8 Å². The monoisotopic (exact) mass is 726 g/mol. The number of fused-ring (bicyclic) bond motifs is 8. The van der Waals surface area contributed by atoms with Gasteiger partial charge in [-0.3, -0.25) is 0 Å². The van der Waals surface area contributed by atoms with Crippen molar-refractivity contribution in [3.05, 3.63) is 182 Å². The van der Waals surface area contributed by atoms with Crippen molar-refractivity contribution in [1.29, 1.82) is 0 Å². The number of anilines is 3. The molecule has 0 bridgehead atoms. The molecule has 254 valence electrons.